The second-order valence-electron chi connectivity index (χ2n) is 4.82. The van der Waals surface area contributed by atoms with Crippen LogP contribution in [0.5, 0.6) is 0 Å². The van der Waals surface area contributed by atoms with Gasteiger partial charge in [-0.2, -0.15) is 14.9 Å². The van der Waals surface area contributed by atoms with E-state index in [1.54, 1.807) is 30.3 Å². The summed E-state index contributed by atoms with van der Waals surface area (Å²) < 4.78 is 15.1. The number of nitrogens with zero attached hydrogens (tertiary/aromatic N) is 3. The highest BCUT2D eigenvalue weighted by Crippen LogP contribution is 2.17. The third-order valence-corrected chi connectivity index (χ3v) is 3.98. The van der Waals surface area contributed by atoms with Gasteiger partial charge in [0.2, 0.25) is 0 Å². The normalized spacial score (nSPS) is 10.9. The number of nitrogens with one attached hydrogen (secondary N) is 1. The molecule has 0 aliphatic heterocycles. The summed E-state index contributed by atoms with van der Waals surface area (Å²) in [6.07, 6.45) is 2.81. The highest BCUT2D eigenvalue weighted by molar-refractivity contribution is 9.10. The van der Waals surface area contributed by atoms with Crippen molar-refractivity contribution in [1.29, 1.82) is 0 Å². The van der Waals surface area contributed by atoms with Crippen molar-refractivity contribution in [1.82, 2.24) is 9.78 Å². The zero-order valence-electron chi connectivity index (χ0n) is 12.4. The first-order valence-corrected chi connectivity index (χ1v) is 7.83. The minimum absolute atomic E-state index is 0.284. The molecule has 3 aromatic rings. The maximum atomic E-state index is 13.5. The van der Waals surface area contributed by atoms with Gasteiger partial charge in [-0.25, -0.2) is 4.39 Å². The molecule has 0 fully saturated rings. The molecule has 0 saturated heterocycles. The molecule has 0 saturated carbocycles. The van der Waals surface area contributed by atoms with Crippen molar-refractivity contribution in [2.75, 3.05) is 5.43 Å². The van der Waals surface area contributed by atoms with Gasteiger partial charge in [0.05, 0.1) is 23.8 Å². The average molecular weight is 387 g/mol. The summed E-state index contributed by atoms with van der Waals surface area (Å²) in [6.45, 7) is 0. The van der Waals surface area contributed by atoms with Crippen LogP contribution in [0.1, 0.15) is 5.56 Å². The molecular weight excluding hydrogens is 375 g/mol. The molecule has 0 spiro atoms. The van der Waals surface area contributed by atoms with E-state index in [9.17, 15) is 9.18 Å². The van der Waals surface area contributed by atoms with E-state index in [-0.39, 0.29) is 15.8 Å². The fraction of sp³-hybridized carbons (Fsp3) is 0. The van der Waals surface area contributed by atoms with Gasteiger partial charge >= 0.3 is 0 Å². The van der Waals surface area contributed by atoms with Gasteiger partial charge in [0.25, 0.3) is 5.56 Å². The Morgan fingerprint density at radius 2 is 1.83 bits per heavy atom. The van der Waals surface area contributed by atoms with E-state index in [1.807, 2.05) is 18.2 Å². The minimum Gasteiger partial charge on any atom is -0.275 e. The predicted octanol–water partition coefficient (Wildman–Crippen LogP) is 3.58. The first kappa shape index (κ1) is 16.1. The number of rotatable bonds is 4. The largest absolute Gasteiger partial charge is 0.287 e. The molecule has 1 aromatic heterocycles. The maximum absolute atomic E-state index is 13.5. The van der Waals surface area contributed by atoms with Gasteiger partial charge in [-0.3, -0.25) is 10.2 Å². The van der Waals surface area contributed by atoms with E-state index < -0.39 is 0 Å². The van der Waals surface area contributed by atoms with E-state index in [2.05, 4.69) is 31.6 Å². The van der Waals surface area contributed by atoms with Crippen LogP contribution in [0.3, 0.4) is 0 Å². The van der Waals surface area contributed by atoms with Crippen LogP contribution < -0.4 is 11.0 Å². The topological polar surface area (TPSA) is 59.3 Å². The SMILES string of the molecule is O=c1c(Br)c(N/N=C\c2ccccc2F)cnn1-c1ccccc1. The van der Waals surface area contributed by atoms with Crippen LogP contribution in [-0.4, -0.2) is 16.0 Å². The molecule has 24 heavy (non-hydrogen) atoms. The fourth-order valence-electron chi connectivity index (χ4n) is 2.01. The molecule has 1 heterocycles. The molecule has 0 radical (unpaired) electrons. The first-order chi connectivity index (χ1) is 11.7. The maximum Gasteiger partial charge on any atom is 0.287 e. The van der Waals surface area contributed by atoms with Crippen molar-refractivity contribution in [2.45, 2.75) is 0 Å². The zero-order valence-corrected chi connectivity index (χ0v) is 13.9. The Morgan fingerprint density at radius 1 is 1.12 bits per heavy atom. The molecule has 3 rings (SSSR count). The Hall–Kier alpha value is -2.80. The molecular formula is C17H12BrFN4O. The molecule has 0 unspecified atom stereocenters. The Bertz CT molecular complexity index is 941. The number of hydrogen-bond donors (Lipinski definition) is 1. The van der Waals surface area contributed by atoms with Crippen LogP contribution in [0.25, 0.3) is 5.69 Å². The van der Waals surface area contributed by atoms with E-state index in [0.717, 1.165) is 0 Å². The zero-order chi connectivity index (χ0) is 16.9. The summed E-state index contributed by atoms with van der Waals surface area (Å²) in [5, 5.41) is 8.06. The Balaban J connectivity index is 1.84. The number of halogens is 2. The third-order valence-electron chi connectivity index (χ3n) is 3.21. The third kappa shape index (κ3) is 3.41. The summed E-state index contributed by atoms with van der Waals surface area (Å²) in [5.41, 5.74) is 3.75. The summed E-state index contributed by atoms with van der Waals surface area (Å²) >= 11 is 3.25. The van der Waals surface area contributed by atoms with Gasteiger partial charge in [0, 0.05) is 5.56 Å². The second kappa shape index (κ2) is 7.18. The van der Waals surface area contributed by atoms with Crippen LogP contribution in [-0.2, 0) is 0 Å². The smallest absolute Gasteiger partial charge is 0.275 e. The molecule has 1 N–H and O–H groups in total. The molecule has 5 nitrogen and oxygen atoms in total. The Kier molecular flexibility index (Phi) is 4.81. The molecule has 0 amide bonds. The number of hydrazone groups is 1. The van der Waals surface area contributed by atoms with Gasteiger partial charge in [-0.1, -0.05) is 36.4 Å². The van der Waals surface area contributed by atoms with E-state index in [4.69, 9.17) is 0 Å². The lowest BCUT2D eigenvalue weighted by Crippen LogP contribution is -2.22. The van der Waals surface area contributed by atoms with Crippen LogP contribution >= 0.6 is 15.9 Å². The number of hydrogen-bond acceptors (Lipinski definition) is 4. The molecule has 7 heteroatoms. The van der Waals surface area contributed by atoms with Crippen LogP contribution in [0, 0.1) is 5.82 Å². The molecule has 0 atom stereocenters. The van der Waals surface area contributed by atoms with Gasteiger partial charge in [0.15, 0.2) is 0 Å². The van der Waals surface area contributed by atoms with Crippen molar-refractivity contribution < 1.29 is 4.39 Å². The highest BCUT2D eigenvalue weighted by atomic mass is 79.9. The molecule has 0 aliphatic carbocycles. The predicted molar refractivity (Wildman–Crippen MR) is 95.2 cm³/mol. The average Bonchev–Trinajstić information content (AvgIpc) is 2.61. The van der Waals surface area contributed by atoms with Gasteiger partial charge < -0.3 is 0 Å². The number of aromatic nitrogens is 2. The quantitative estimate of drug-likeness (QED) is 0.550. The standard InChI is InChI=1S/C17H12BrFN4O/c18-16-15(22-20-10-12-6-4-5-9-14(12)19)11-21-23(17(16)24)13-7-2-1-3-8-13/h1-11,22H/b20-10-. The van der Waals surface area contributed by atoms with E-state index >= 15 is 0 Å². The number of para-hydroxylation sites is 1. The lowest BCUT2D eigenvalue weighted by atomic mass is 10.2. The van der Waals surface area contributed by atoms with E-state index in [1.165, 1.54) is 23.2 Å². The monoisotopic (exact) mass is 386 g/mol. The fourth-order valence-corrected chi connectivity index (χ4v) is 2.37. The molecule has 0 aliphatic rings. The molecule has 0 bridgehead atoms. The van der Waals surface area contributed by atoms with Crippen LogP contribution in [0.2, 0.25) is 0 Å². The van der Waals surface area contributed by atoms with Crippen molar-refractivity contribution in [3.63, 3.8) is 0 Å². The lowest BCUT2D eigenvalue weighted by molar-refractivity contribution is 0.626. The van der Waals surface area contributed by atoms with Crippen molar-refractivity contribution in [2.24, 2.45) is 5.10 Å². The van der Waals surface area contributed by atoms with Crippen molar-refractivity contribution in [3.05, 3.63) is 87.0 Å². The van der Waals surface area contributed by atoms with Crippen molar-refractivity contribution >= 4 is 27.8 Å². The van der Waals surface area contributed by atoms with Crippen molar-refractivity contribution in [3.8, 4) is 5.69 Å². The Morgan fingerprint density at radius 3 is 2.58 bits per heavy atom. The highest BCUT2D eigenvalue weighted by Gasteiger charge is 2.09. The summed E-state index contributed by atoms with van der Waals surface area (Å²) in [5.74, 6) is -0.375. The summed E-state index contributed by atoms with van der Waals surface area (Å²) in [4.78, 5) is 12.4. The first-order valence-electron chi connectivity index (χ1n) is 7.03. The number of benzene rings is 2. The number of anilines is 1. The van der Waals surface area contributed by atoms with Gasteiger partial charge in [0.1, 0.15) is 10.3 Å². The summed E-state index contributed by atoms with van der Waals surface area (Å²) in [6, 6.07) is 15.3. The van der Waals surface area contributed by atoms with Gasteiger partial charge in [-0.05, 0) is 34.1 Å². The lowest BCUT2D eigenvalue weighted by Gasteiger charge is -2.07. The van der Waals surface area contributed by atoms with Crippen LogP contribution in [0.15, 0.2) is 75.2 Å². The minimum atomic E-state index is -0.375. The Labute approximate surface area is 145 Å². The van der Waals surface area contributed by atoms with Crippen LogP contribution in [0.4, 0.5) is 10.1 Å². The second-order valence-corrected chi connectivity index (χ2v) is 5.61. The molecule has 120 valence electrons. The van der Waals surface area contributed by atoms with E-state index in [0.29, 0.717) is 16.9 Å². The summed E-state index contributed by atoms with van der Waals surface area (Å²) in [7, 11) is 0. The van der Waals surface area contributed by atoms with Gasteiger partial charge in [-0.15, -0.1) is 0 Å². The molecule has 2 aromatic carbocycles.